The smallest absolute Gasteiger partial charge is 0.433 e. The molecule has 0 unspecified atom stereocenters. The highest BCUT2D eigenvalue weighted by molar-refractivity contribution is 5.96. The van der Waals surface area contributed by atoms with Gasteiger partial charge in [-0.1, -0.05) is 6.07 Å². The lowest BCUT2D eigenvalue weighted by atomic mass is 10.0. The molecule has 0 fully saturated rings. The molecule has 1 aromatic carbocycles. The first-order chi connectivity index (χ1) is 9.29. The summed E-state index contributed by atoms with van der Waals surface area (Å²) in [6.07, 6.45) is -3.61. The molecule has 0 bridgehead atoms. The van der Waals surface area contributed by atoms with E-state index in [1.54, 1.807) is 0 Å². The lowest BCUT2D eigenvalue weighted by Gasteiger charge is -2.09. The summed E-state index contributed by atoms with van der Waals surface area (Å²) in [7, 11) is 0. The maximum absolute atomic E-state index is 12.4. The molecule has 0 amide bonds. The number of phenolic OH excluding ortho intramolecular Hbond substituents is 1. The van der Waals surface area contributed by atoms with Gasteiger partial charge in [0.1, 0.15) is 11.4 Å². The number of carboxylic acids is 1. The number of nitrogens with zero attached hydrogens (tertiary/aromatic N) is 1. The minimum Gasteiger partial charge on any atom is -0.508 e. The summed E-state index contributed by atoms with van der Waals surface area (Å²) in [5.74, 6) is -1.54. The summed E-state index contributed by atoms with van der Waals surface area (Å²) in [5, 5.41) is 18.3. The Morgan fingerprint density at radius 3 is 2.35 bits per heavy atom. The van der Waals surface area contributed by atoms with Gasteiger partial charge in [0.15, 0.2) is 0 Å². The van der Waals surface area contributed by atoms with Gasteiger partial charge in [-0.25, -0.2) is 4.79 Å². The molecule has 0 spiro atoms. The Morgan fingerprint density at radius 1 is 1.15 bits per heavy atom. The van der Waals surface area contributed by atoms with Gasteiger partial charge >= 0.3 is 12.1 Å². The summed E-state index contributed by atoms with van der Waals surface area (Å²) < 4.78 is 37.2. The number of alkyl halides is 3. The van der Waals surface area contributed by atoms with Crippen LogP contribution in [-0.4, -0.2) is 21.2 Å². The number of carbonyl (C=O) groups is 1. The summed E-state index contributed by atoms with van der Waals surface area (Å²) in [5.41, 5.74) is -0.879. The molecule has 1 aromatic heterocycles. The normalized spacial score (nSPS) is 11.3. The predicted octanol–water partition coefficient (Wildman–Crippen LogP) is 3.17. The third-order valence-corrected chi connectivity index (χ3v) is 2.60. The summed E-state index contributed by atoms with van der Waals surface area (Å²) in [6, 6.07) is 5.49. The number of halogens is 3. The summed E-state index contributed by atoms with van der Waals surface area (Å²) in [4.78, 5) is 14.3. The van der Waals surface area contributed by atoms with Crippen molar-refractivity contribution in [3.63, 3.8) is 0 Å². The van der Waals surface area contributed by atoms with Crippen molar-refractivity contribution in [3.8, 4) is 16.9 Å². The van der Waals surface area contributed by atoms with E-state index >= 15 is 0 Å². The molecule has 4 nitrogen and oxygen atoms in total. The van der Waals surface area contributed by atoms with Gasteiger partial charge in [-0.3, -0.25) is 4.98 Å². The van der Waals surface area contributed by atoms with Crippen molar-refractivity contribution < 1.29 is 28.2 Å². The molecular formula is C13H8F3NO3. The predicted molar refractivity (Wildman–Crippen MR) is 63.3 cm³/mol. The SMILES string of the molecule is O=C(O)c1cc(O)ccc1-c1ccc(C(F)(F)F)nc1. The van der Waals surface area contributed by atoms with E-state index in [9.17, 15) is 23.1 Å². The van der Waals surface area contributed by atoms with Crippen molar-refractivity contribution in [2.24, 2.45) is 0 Å². The van der Waals surface area contributed by atoms with Crippen LogP contribution in [0, 0.1) is 0 Å². The Bertz CT molecular complexity index is 651. The van der Waals surface area contributed by atoms with Crippen LogP contribution in [0.3, 0.4) is 0 Å². The minimum atomic E-state index is -4.55. The standard InChI is InChI=1S/C13H8F3NO3/c14-13(15,16)11-4-1-7(6-17-11)9-3-2-8(18)5-10(9)12(19)20/h1-6,18H,(H,19,20). The van der Waals surface area contributed by atoms with Crippen LogP contribution < -0.4 is 0 Å². The molecule has 0 aliphatic rings. The topological polar surface area (TPSA) is 70.4 Å². The number of phenols is 1. The van der Waals surface area contributed by atoms with Crippen LogP contribution in [0.5, 0.6) is 5.75 Å². The molecule has 104 valence electrons. The summed E-state index contributed by atoms with van der Waals surface area (Å²) in [6.45, 7) is 0. The highest BCUT2D eigenvalue weighted by Crippen LogP contribution is 2.31. The number of carboxylic acid groups (broad SMARTS) is 1. The number of aromatic carboxylic acids is 1. The Morgan fingerprint density at radius 2 is 1.85 bits per heavy atom. The van der Waals surface area contributed by atoms with Crippen LogP contribution in [-0.2, 0) is 6.18 Å². The average molecular weight is 283 g/mol. The number of pyridine rings is 1. The van der Waals surface area contributed by atoms with Crippen LogP contribution in [0.1, 0.15) is 16.1 Å². The third kappa shape index (κ3) is 2.71. The van der Waals surface area contributed by atoms with Crippen molar-refractivity contribution >= 4 is 5.97 Å². The molecule has 0 radical (unpaired) electrons. The van der Waals surface area contributed by atoms with Crippen LogP contribution in [0.15, 0.2) is 36.5 Å². The molecule has 0 saturated heterocycles. The number of benzene rings is 1. The van der Waals surface area contributed by atoms with E-state index in [2.05, 4.69) is 4.98 Å². The third-order valence-electron chi connectivity index (χ3n) is 2.60. The van der Waals surface area contributed by atoms with Crippen LogP contribution in [0.4, 0.5) is 13.2 Å². The van der Waals surface area contributed by atoms with E-state index in [1.165, 1.54) is 12.1 Å². The first-order valence-corrected chi connectivity index (χ1v) is 5.39. The Kier molecular flexibility index (Phi) is 3.35. The van der Waals surface area contributed by atoms with E-state index in [-0.39, 0.29) is 22.4 Å². The van der Waals surface area contributed by atoms with Gasteiger partial charge in [0.2, 0.25) is 0 Å². The van der Waals surface area contributed by atoms with Gasteiger partial charge in [0.05, 0.1) is 5.56 Å². The number of hydrogen-bond donors (Lipinski definition) is 2. The van der Waals surface area contributed by atoms with Gasteiger partial charge in [-0.15, -0.1) is 0 Å². The zero-order chi connectivity index (χ0) is 14.9. The number of rotatable bonds is 2. The van der Waals surface area contributed by atoms with Gasteiger partial charge < -0.3 is 10.2 Å². The quantitative estimate of drug-likeness (QED) is 0.888. The first kappa shape index (κ1) is 13.9. The first-order valence-electron chi connectivity index (χ1n) is 5.39. The Hall–Kier alpha value is -2.57. The van der Waals surface area contributed by atoms with Crippen molar-refractivity contribution in [2.75, 3.05) is 0 Å². The molecule has 0 atom stereocenters. The van der Waals surface area contributed by atoms with Crippen LogP contribution in [0.25, 0.3) is 11.1 Å². The second-order valence-corrected chi connectivity index (χ2v) is 3.96. The number of hydrogen-bond acceptors (Lipinski definition) is 3. The van der Waals surface area contributed by atoms with Crippen molar-refractivity contribution in [1.82, 2.24) is 4.98 Å². The lowest BCUT2D eigenvalue weighted by Crippen LogP contribution is -2.07. The largest absolute Gasteiger partial charge is 0.508 e. The van der Waals surface area contributed by atoms with Crippen LogP contribution in [0.2, 0.25) is 0 Å². The van der Waals surface area contributed by atoms with E-state index < -0.39 is 17.8 Å². The second kappa shape index (κ2) is 4.84. The van der Waals surface area contributed by atoms with Gasteiger partial charge in [0, 0.05) is 11.8 Å². The number of aromatic nitrogens is 1. The van der Waals surface area contributed by atoms with Gasteiger partial charge in [0.25, 0.3) is 0 Å². The Labute approximate surface area is 111 Å². The van der Waals surface area contributed by atoms with Crippen molar-refractivity contribution in [2.45, 2.75) is 6.18 Å². The molecule has 0 aliphatic carbocycles. The molecule has 2 rings (SSSR count). The number of aromatic hydroxyl groups is 1. The molecule has 2 aromatic rings. The van der Waals surface area contributed by atoms with E-state index in [4.69, 9.17) is 5.11 Å². The fourth-order valence-corrected chi connectivity index (χ4v) is 1.68. The zero-order valence-electron chi connectivity index (χ0n) is 9.85. The molecule has 7 heteroatoms. The van der Waals surface area contributed by atoms with E-state index in [1.807, 2.05) is 0 Å². The highest BCUT2D eigenvalue weighted by Gasteiger charge is 2.32. The van der Waals surface area contributed by atoms with Gasteiger partial charge in [-0.05, 0) is 29.8 Å². The average Bonchev–Trinajstić information content (AvgIpc) is 2.37. The maximum atomic E-state index is 12.4. The van der Waals surface area contributed by atoms with Crippen molar-refractivity contribution in [3.05, 3.63) is 47.8 Å². The molecular weight excluding hydrogens is 275 g/mol. The fourth-order valence-electron chi connectivity index (χ4n) is 1.68. The molecule has 1 heterocycles. The zero-order valence-corrected chi connectivity index (χ0v) is 9.85. The Balaban J connectivity index is 2.50. The van der Waals surface area contributed by atoms with E-state index in [0.717, 1.165) is 24.4 Å². The highest BCUT2D eigenvalue weighted by atomic mass is 19.4. The molecule has 2 N–H and O–H groups in total. The maximum Gasteiger partial charge on any atom is 0.433 e. The minimum absolute atomic E-state index is 0.177. The monoisotopic (exact) mass is 283 g/mol. The van der Waals surface area contributed by atoms with Gasteiger partial charge in [-0.2, -0.15) is 13.2 Å². The molecule has 0 saturated carbocycles. The summed E-state index contributed by atoms with van der Waals surface area (Å²) >= 11 is 0. The lowest BCUT2D eigenvalue weighted by molar-refractivity contribution is -0.141. The second-order valence-electron chi connectivity index (χ2n) is 3.96. The molecule has 20 heavy (non-hydrogen) atoms. The van der Waals surface area contributed by atoms with Crippen molar-refractivity contribution in [1.29, 1.82) is 0 Å². The molecule has 0 aliphatic heterocycles. The van der Waals surface area contributed by atoms with Crippen LogP contribution >= 0.6 is 0 Å². The van der Waals surface area contributed by atoms with E-state index in [0.29, 0.717) is 0 Å². The fraction of sp³-hybridized carbons (Fsp3) is 0.0769.